The van der Waals surface area contributed by atoms with Gasteiger partial charge in [-0.05, 0) is 30.3 Å². The number of morpholine rings is 1. The summed E-state index contributed by atoms with van der Waals surface area (Å²) in [7, 11) is 0. The average molecular weight is 448 g/mol. The largest absolute Gasteiger partial charge is 0.379 e. The van der Waals surface area contributed by atoms with Crippen LogP contribution in [0.3, 0.4) is 0 Å². The van der Waals surface area contributed by atoms with E-state index in [2.05, 4.69) is 15.2 Å². The van der Waals surface area contributed by atoms with Crippen molar-refractivity contribution in [1.82, 2.24) is 25.0 Å². The Balaban J connectivity index is 1.47. The summed E-state index contributed by atoms with van der Waals surface area (Å²) in [6.07, 6.45) is 0. The molecule has 7 nitrogen and oxygen atoms in total. The molecule has 3 heterocycles. The number of hydrogen-bond acceptors (Lipinski definition) is 5. The smallest absolute Gasteiger partial charge is 0.254 e. The molecule has 0 atom stereocenters. The van der Waals surface area contributed by atoms with Crippen molar-refractivity contribution in [1.29, 1.82) is 0 Å². The quantitative estimate of drug-likeness (QED) is 0.426. The number of H-pyrrole nitrogens is 1. The van der Waals surface area contributed by atoms with E-state index in [0.29, 0.717) is 29.0 Å². The molecule has 1 aliphatic heterocycles. The summed E-state index contributed by atoms with van der Waals surface area (Å²) in [5.41, 5.74) is 3.14. The van der Waals surface area contributed by atoms with Crippen molar-refractivity contribution < 1.29 is 9.13 Å². The summed E-state index contributed by atoms with van der Waals surface area (Å²) >= 11 is 0. The zero-order valence-electron chi connectivity index (χ0n) is 18.3. The predicted molar refractivity (Wildman–Crippen MR) is 126 cm³/mol. The number of hydrogen-bond donors (Lipinski definition) is 2. The molecule has 0 aliphatic carbocycles. The maximum absolute atomic E-state index is 14.0. The number of aromatic amines is 1. The standard InChI is InChI=1S/C25H26FN5O2/c26-20-6-4-5-18(15-20)23-22-16-19(17-27-9-10-30-11-13-33-14-12-30)25(32)28-24(22)31(29-23)21-7-2-1-3-8-21/h1-8,15-16,27H,9-14,17H2,(H,28,32). The molecule has 170 valence electrons. The molecule has 0 spiro atoms. The van der Waals surface area contributed by atoms with E-state index in [-0.39, 0.29) is 11.4 Å². The van der Waals surface area contributed by atoms with Crippen molar-refractivity contribution in [2.45, 2.75) is 6.54 Å². The van der Waals surface area contributed by atoms with Crippen molar-refractivity contribution in [2.75, 3.05) is 39.4 Å². The van der Waals surface area contributed by atoms with Crippen molar-refractivity contribution >= 4 is 11.0 Å². The lowest BCUT2D eigenvalue weighted by atomic mass is 10.1. The van der Waals surface area contributed by atoms with Crippen LogP contribution >= 0.6 is 0 Å². The maximum Gasteiger partial charge on any atom is 0.254 e. The second-order valence-corrected chi connectivity index (χ2v) is 8.12. The Bertz CT molecular complexity index is 1300. The van der Waals surface area contributed by atoms with Gasteiger partial charge in [0.2, 0.25) is 0 Å². The Morgan fingerprint density at radius 1 is 1.06 bits per heavy atom. The van der Waals surface area contributed by atoms with Crippen LogP contribution in [0.15, 0.2) is 65.5 Å². The van der Waals surface area contributed by atoms with E-state index < -0.39 is 0 Å². The molecule has 0 amide bonds. The van der Waals surface area contributed by atoms with Gasteiger partial charge in [0.15, 0.2) is 0 Å². The summed E-state index contributed by atoms with van der Waals surface area (Å²) < 4.78 is 21.1. The highest BCUT2D eigenvalue weighted by Crippen LogP contribution is 2.29. The molecule has 5 rings (SSSR count). The SMILES string of the molecule is O=c1[nH]c2c(cc1CNCCN1CCOCC1)c(-c1cccc(F)c1)nn2-c1ccccc1. The Morgan fingerprint density at radius 3 is 2.67 bits per heavy atom. The van der Waals surface area contributed by atoms with Gasteiger partial charge in [0.1, 0.15) is 17.2 Å². The van der Waals surface area contributed by atoms with Crippen LogP contribution < -0.4 is 10.9 Å². The predicted octanol–water partition coefficient (Wildman–Crippen LogP) is 2.94. The van der Waals surface area contributed by atoms with E-state index >= 15 is 0 Å². The molecule has 0 saturated carbocycles. The van der Waals surface area contributed by atoms with Gasteiger partial charge in [-0.25, -0.2) is 9.07 Å². The van der Waals surface area contributed by atoms with Crippen LogP contribution in [0.2, 0.25) is 0 Å². The number of ether oxygens (including phenoxy) is 1. The van der Waals surface area contributed by atoms with E-state index in [1.807, 2.05) is 42.5 Å². The first-order valence-corrected chi connectivity index (χ1v) is 11.2. The lowest BCUT2D eigenvalue weighted by Gasteiger charge is -2.26. The summed E-state index contributed by atoms with van der Waals surface area (Å²) in [5, 5.41) is 8.90. The third-order valence-corrected chi connectivity index (χ3v) is 5.89. The molecule has 0 radical (unpaired) electrons. The topological polar surface area (TPSA) is 75.2 Å². The second-order valence-electron chi connectivity index (χ2n) is 8.12. The maximum atomic E-state index is 14.0. The van der Waals surface area contributed by atoms with Crippen LogP contribution in [0.1, 0.15) is 5.56 Å². The minimum atomic E-state index is -0.329. The van der Waals surface area contributed by atoms with Crippen LogP contribution in [0.4, 0.5) is 4.39 Å². The Morgan fingerprint density at radius 2 is 1.88 bits per heavy atom. The Hall–Kier alpha value is -3.33. The van der Waals surface area contributed by atoms with E-state index in [9.17, 15) is 9.18 Å². The van der Waals surface area contributed by atoms with Crippen molar-refractivity contribution in [3.05, 3.63) is 82.4 Å². The molecule has 1 aliphatic rings. The van der Waals surface area contributed by atoms with Gasteiger partial charge in [-0.15, -0.1) is 0 Å². The van der Waals surface area contributed by atoms with Gasteiger partial charge in [0, 0.05) is 49.2 Å². The van der Waals surface area contributed by atoms with Crippen molar-refractivity contribution in [3.8, 4) is 16.9 Å². The zero-order chi connectivity index (χ0) is 22.6. The fraction of sp³-hybridized carbons (Fsp3) is 0.280. The van der Waals surface area contributed by atoms with Crippen molar-refractivity contribution in [3.63, 3.8) is 0 Å². The molecule has 2 aromatic carbocycles. The molecule has 0 bridgehead atoms. The number of nitrogens with zero attached hydrogens (tertiary/aromatic N) is 3. The highest BCUT2D eigenvalue weighted by atomic mass is 19.1. The molecule has 0 unspecified atom stereocenters. The minimum absolute atomic E-state index is 0.163. The molecule has 4 aromatic rings. The third kappa shape index (κ3) is 4.73. The van der Waals surface area contributed by atoms with Crippen LogP contribution in [0, 0.1) is 5.82 Å². The third-order valence-electron chi connectivity index (χ3n) is 5.89. The summed E-state index contributed by atoms with van der Waals surface area (Å²) in [4.78, 5) is 18.2. The van der Waals surface area contributed by atoms with Crippen LogP contribution in [-0.4, -0.2) is 59.1 Å². The lowest BCUT2D eigenvalue weighted by Crippen LogP contribution is -2.40. The van der Waals surface area contributed by atoms with Gasteiger partial charge in [-0.3, -0.25) is 9.69 Å². The van der Waals surface area contributed by atoms with Gasteiger partial charge >= 0.3 is 0 Å². The molecule has 1 saturated heterocycles. The van der Waals surface area contributed by atoms with Gasteiger partial charge in [-0.1, -0.05) is 30.3 Å². The number of halogens is 1. The van der Waals surface area contributed by atoms with E-state index in [1.54, 1.807) is 10.7 Å². The summed E-state index contributed by atoms with van der Waals surface area (Å²) in [5.74, 6) is -0.329. The zero-order valence-corrected chi connectivity index (χ0v) is 18.3. The number of benzene rings is 2. The number of fused-ring (bicyclic) bond motifs is 1. The number of aromatic nitrogens is 3. The first kappa shape index (κ1) is 21.5. The van der Waals surface area contributed by atoms with E-state index in [0.717, 1.165) is 50.5 Å². The fourth-order valence-electron chi connectivity index (χ4n) is 4.14. The monoisotopic (exact) mass is 447 g/mol. The van der Waals surface area contributed by atoms with Gasteiger partial charge in [0.05, 0.1) is 18.9 Å². The van der Waals surface area contributed by atoms with Crippen molar-refractivity contribution in [2.24, 2.45) is 0 Å². The van der Waals surface area contributed by atoms with Crippen LogP contribution in [0.25, 0.3) is 28.0 Å². The van der Waals surface area contributed by atoms with Crippen LogP contribution in [-0.2, 0) is 11.3 Å². The van der Waals surface area contributed by atoms with Crippen LogP contribution in [0.5, 0.6) is 0 Å². The highest BCUT2D eigenvalue weighted by molar-refractivity contribution is 5.92. The molecule has 33 heavy (non-hydrogen) atoms. The van der Waals surface area contributed by atoms with Gasteiger partial charge < -0.3 is 15.0 Å². The lowest BCUT2D eigenvalue weighted by molar-refractivity contribution is 0.0384. The average Bonchev–Trinajstić information content (AvgIpc) is 3.21. The summed E-state index contributed by atoms with van der Waals surface area (Å²) in [6, 6.07) is 17.8. The van der Waals surface area contributed by atoms with E-state index in [4.69, 9.17) is 9.84 Å². The normalized spacial score (nSPS) is 14.7. The summed E-state index contributed by atoms with van der Waals surface area (Å²) in [6.45, 7) is 5.53. The highest BCUT2D eigenvalue weighted by Gasteiger charge is 2.17. The number of para-hydroxylation sites is 1. The molecular formula is C25H26FN5O2. The first-order valence-electron chi connectivity index (χ1n) is 11.2. The second kappa shape index (κ2) is 9.66. The Labute approximate surface area is 190 Å². The molecule has 8 heteroatoms. The number of pyridine rings is 1. The van der Waals surface area contributed by atoms with Gasteiger partial charge in [-0.2, -0.15) is 5.10 Å². The molecule has 2 N–H and O–H groups in total. The molecule has 1 fully saturated rings. The number of rotatable bonds is 7. The fourth-order valence-corrected chi connectivity index (χ4v) is 4.14. The first-order chi connectivity index (χ1) is 16.2. The van der Waals surface area contributed by atoms with Gasteiger partial charge in [0.25, 0.3) is 5.56 Å². The Kier molecular flexibility index (Phi) is 6.30. The molecule has 2 aromatic heterocycles. The number of nitrogens with one attached hydrogen (secondary N) is 2. The van der Waals surface area contributed by atoms with E-state index in [1.165, 1.54) is 12.1 Å². The molecular weight excluding hydrogens is 421 g/mol. The minimum Gasteiger partial charge on any atom is -0.379 e.